The smallest absolute Gasteiger partial charge is 0.336 e. The number of ketones is 1. The van der Waals surface area contributed by atoms with Crippen LogP contribution in [0.15, 0.2) is 83.6 Å². The van der Waals surface area contributed by atoms with Gasteiger partial charge in [-0.05, 0) is 44.0 Å². The van der Waals surface area contributed by atoms with Gasteiger partial charge in [0, 0.05) is 28.3 Å². The van der Waals surface area contributed by atoms with Crippen molar-refractivity contribution in [1.29, 1.82) is 0 Å². The van der Waals surface area contributed by atoms with Crippen molar-refractivity contribution in [2.45, 2.75) is 33.3 Å². The van der Waals surface area contributed by atoms with E-state index in [1.807, 2.05) is 68.4 Å². The summed E-state index contributed by atoms with van der Waals surface area (Å²) in [6, 6.07) is 21.0. The third-order valence-electron chi connectivity index (χ3n) is 6.55. The molecule has 1 heterocycles. The van der Waals surface area contributed by atoms with Crippen LogP contribution in [0.5, 0.6) is 5.75 Å². The number of aryl methyl sites for hydroxylation is 1. The maximum Gasteiger partial charge on any atom is 0.336 e. The minimum absolute atomic E-state index is 0.108. The first-order valence-electron chi connectivity index (χ1n) is 11.9. The third-order valence-corrected chi connectivity index (χ3v) is 6.84. The van der Waals surface area contributed by atoms with Crippen molar-refractivity contribution in [2.24, 2.45) is 0 Å². The van der Waals surface area contributed by atoms with Gasteiger partial charge in [0.05, 0.1) is 22.9 Å². The molecule has 0 unspecified atom stereocenters. The van der Waals surface area contributed by atoms with E-state index >= 15 is 0 Å². The number of esters is 1. The Morgan fingerprint density at radius 1 is 1.00 bits per heavy atom. The average Bonchev–Trinajstić information content (AvgIpc) is 3.15. The van der Waals surface area contributed by atoms with E-state index in [2.05, 4.69) is 5.32 Å². The van der Waals surface area contributed by atoms with Crippen molar-refractivity contribution < 1.29 is 19.1 Å². The Kier molecular flexibility index (Phi) is 6.42. The molecule has 3 aromatic rings. The molecule has 1 aliphatic carbocycles. The molecule has 1 atom stereocenters. The number of allylic oxidation sites excluding steroid dienone is 2. The summed E-state index contributed by atoms with van der Waals surface area (Å²) in [6.07, 6.45) is 0. The van der Waals surface area contributed by atoms with E-state index in [9.17, 15) is 9.59 Å². The van der Waals surface area contributed by atoms with Gasteiger partial charge < -0.3 is 14.8 Å². The maximum atomic E-state index is 13.6. The molecule has 36 heavy (non-hydrogen) atoms. The van der Waals surface area contributed by atoms with Gasteiger partial charge in [0.25, 0.3) is 0 Å². The first-order valence-corrected chi connectivity index (χ1v) is 12.3. The Balaban J connectivity index is 1.53. The zero-order valence-electron chi connectivity index (χ0n) is 20.4. The van der Waals surface area contributed by atoms with Crippen LogP contribution >= 0.6 is 11.6 Å². The number of hydrogen-bond donors (Lipinski definition) is 1. The van der Waals surface area contributed by atoms with Crippen LogP contribution in [0, 0.1) is 6.92 Å². The summed E-state index contributed by atoms with van der Waals surface area (Å²) >= 11 is 6.66. The van der Waals surface area contributed by atoms with E-state index in [-0.39, 0.29) is 12.4 Å². The second-order valence-electron chi connectivity index (χ2n) is 8.94. The van der Waals surface area contributed by atoms with Crippen LogP contribution < -0.4 is 10.1 Å². The summed E-state index contributed by atoms with van der Waals surface area (Å²) in [7, 11) is 0. The lowest BCUT2D eigenvalue weighted by molar-refractivity contribution is -0.138. The summed E-state index contributed by atoms with van der Waals surface area (Å²) < 4.78 is 11.4. The summed E-state index contributed by atoms with van der Waals surface area (Å²) in [4.78, 5) is 26.6. The molecule has 0 saturated carbocycles. The van der Waals surface area contributed by atoms with Gasteiger partial charge in [-0.1, -0.05) is 71.8 Å². The molecule has 0 aromatic heterocycles. The van der Waals surface area contributed by atoms with E-state index < -0.39 is 11.9 Å². The van der Waals surface area contributed by atoms with E-state index in [1.165, 1.54) is 5.56 Å². The fourth-order valence-electron chi connectivity index (χ4n) is 4.80. The molecule has 1 N–H and O–H groups in total. The van der Waals surface area contributed by atoms with Gasteiger partial charge in [-0.3, -0.25) is 4.79 Å². The number of halogens is 1. The molecule has 2 aliphatic rings. The van der Waals surface area contributed by atoms with Crippen molar-refractivity contribution in [2.75, 3.05) is 6.61 Å². The molecule has 1 aliphatic heterocycles. The van der Waals surface area contributed by atoms with E-state index in [4.69, 9.17) is 21.1 Å². The predicted molar refractivity (Wildman–Crippen MR) is 140 cm³/mol. The molecule has 6 heteroatoms. The highest BCUT2D eigenvalue weighted by Gasteiger charge is 2.43. The van der Waals surface area contributed by atoms with Gasteiger partial charge in [-0.25, -0.2) is 4.79 Å². The molecule has 182 valence electrons. The number of benzene rings is 3. The Morgan fingerprint density at radius 2 is 1.72 bits per heavy atom. The number of fused-ring (bicyclic) bond motifs is 2. The van der Waals surface area contributed by atoms with Gasteiger partial charge in [-0.2, -0.15) is 0 Å². The van der Waals surface area contributed by atoms with Crippen LogP contribution in [0.1, 0.15) is 52.4 Å². The lowest BCUT2D eigenvalue weighted by Crippen LogP contribution is -2.29. The lowest BCUT2D eigenvalue weighted by Gasteiger charge is -2.29. The van der Waals surface area contributed by atoms with Crippen molar-refractivity contribution in [1.82, 2.24) is 5.32 Å². The molecular weight excluding hydrogens is 474 g/mol. The molecule has 0 saturated heterocycles. The zero-order chi connectivity index (χ0) is 25.4. The minimum atomic E-state index is -0.621. The van der Waals surface area contributed by atoms with Gasteiger partial charge in [-0.15, -0.1) is 0 Å². The fourth-order valence-corrected chi connectivity index (χ4v) is 5.04. The molecule has 5 rings (SSSR count). The Labute approximate surface area is 215 Å². The van der Waals surface area contributed by atoms with E-state index in [1.54, 1.807) is 19.1 Å². The molecule has 0 bridgehead atoms. The first-order chi connectivity index (χ1) is 17.4. The van der Waals surface area contributed by atoms with Gasteiger partial charge in [0.1, 0.15) is 12.4 Å². The SMILES string of the molecule is CCOC(=O)C1=C(C)NC2=C(C(=O)c3ccccc32)[C@@H]1c1ccc(OCc2ccc(C)cc2)c(Cl)c1. The van der Waals surface area contributed by atoms with Crippen LogP contribution in [-0.4, -0.2) is 18.4 Å². The summed E-state index contributed by atoms with van der Waals surface area (Å²) in [5.74, 6) is -0.658. The summed E-state index contributed by atoms with van der Waals surface area (Å²) in [5.41, 5.74) is 6.68. The number of ether oxygens (including phenoxy) is 2. The van der Waals surface area contributed by atoms with Crippen LogP contribution in [0.4, 0.5) is 0 Å². The largest absolute Gasteiger partial charge is 0.487 e. The Hall–Kier alpha value is -3.83. The number of rotatable bonds is 6. The predicted octanol–water partition coefficient (Wildman–Crippen LogP) is 6.36. The van der Waals surface area contributed by atoms with Crippen molar-refractivity contribution in [3.63, 3.8) is 0 Å². The van der Waals surface area contributed by atoms with E-state index in [0.717, 1.165) is 22.4 Å². The topological polar surface area (TPSA) is 64.6 Å². The highest BCUT2D eigenvalue weighted by atomic mass is 35.5. The number of Topliss-reactive ketones (excluding diaryl/α,β-unsaturated/α-hetero) is 1. The monoisotopic (exact) mass is 499 g/mol. The van der Waals surface area contributed by atoms with Crippen LogP contribution in [0.3, 0.4) is 0 Å². The van der Waals surface area contributed by atoms with Crippen LogP contribution in [0.25, 0.3) is 5.70 Å². The molecule has 0 spiro atoms. The molecular formula is C30H26ClNO4. The standard InChI is InChI=1S/C30H26ClNO4/c1-4-35-30(34)25-18(3)32-28-21-7-5-6-8-22(21)29(33)27(28)26(25)20-13-14-24(23(31)15-20)36-16-19-11-9-17(2)10-12-19/h5-15,26,32H,4,16H2,1-3H3/t26-/m1/s1. The second kappa shape index (κ2) is 9.67. The normalized spacial score (nSPS) is 16.4. The molecule has 3 aromatic carbocycles. The zero-order valence-corrected chi connectivity index (χ0v) is 21.1. The van der Waals surface area contributed by atoms with Crippen LogP contribution in [-0.2, 0) is 16.1 Å². The molecule has 0 radical (unpaired) electrons. The molecule has 0 fully saturated rings. The van der Waals surface area contributed by atoms with E-state index in [0.29, 0.717) is 39.8 Å². The number of dihydropyridines is 1. The Morgan fingerprint density at radius 3 is 2.42 bits per heavy atom. The number of carbonyl (C=O) groups excluding carboxylic acids is 2. The number of hydrogen-bond acceptors (Lipinski definition) is 5. The fraction of sp³-hybridized carbons (Fsp3) is 0.200. The van der Waals surface area contributed by atoms with Crippen molar-refractivity contribution >= 4 is 29.1 Å². The minimum Gasteiger partial charge on any atom is -0.487 e. The summed E-state index contributed by atoms with van der Waals surface area (Å²) in [5, 5.41) is 3.71. The molecule has 5 nitrogen and oxygen atoms in total. The lowest BCUT2D eigenvalue weighted by atomic mass is 9.80. The highest BCUT2D eigenvalue weighted by molar-refractivity contribution is 6.32. The number of nitrogens with one attached hydrogen (secondary N) is 1. The maximum absolute atomic E-state index is 13.6. The summed E-state index contributed by atoms with van der Waals surface area (Å²) in [6.45, 7) is 6.24. The molecule has 0 amide bonds. The Bertz CT molecular complexity index is 1440. The average molecular weight is 500 g/mol. The second-order valence-corrected chi connectivity index (χ2v) is 9.35. The number of carbonyl (C=O) groups is 2. The van der Waals surface area contributed by atoms with Gasteiger partial charge in [0.15, 0.2) is 5.78 Å². The highest BCUT2D eigenvalue weighted by Crippen LogP contribution is 2.47. The van der Waals surface area contributed by atoms with Crippen molar-refractivity contribution in [3.05, 3.63) is 116 Å². The first kappa shape index (κ1) is 23.9. The third kappa shape index (κ3) is 4.20. The quantitative estimate of drug-likeness (QED) is 0.400. The van der Waals surface area contributed by atoms with Gasteiger partial charge in [0.2, 0.25) is 0 Å². The van der Waals surface area contributed by atoms with Gasteiger partial charge >= 0.3 is 5.97 Å². The van der Waals surface area contributed by atoms with Crippen molar-refractivity contribution in [3.8, 4) is 5.75 Å². The van der Waals surface area contributed by atoms with Crippen LogP contribution in [0.2, 0.25) is 5.02 Å².